The van der Waals surface area contributed by atoms with Gasteiger partial charge >= 0.3 is 113 Å². The average Bonchev–Trinajstić information content (AvgIpc) is 0.722. The third-order valence-electron chi connectivity index (χ3n) is 0. The first-order chi connectivity index (χ1) is 2.00. The fourth-order valence-corrected chi connectivity index (χ4v) is 0. The minimum atomic E-state index is -5.39. The Morgan fingerprint density at radius 2 is 0.875 bits per heavy atom. The SMILES string of the molecule is O=P([O-])([O-])[O-].[Ca+2].[Ca+2].[Ca+2]. The second kappa shape index (κ2) is 10.9. The van der Waals surface area contributed by atoms with Crippen molar-refractivity contribution in [1.29, 1.82) is 0 Å². The molecule has 32 valence electrons. The van der Waals surface area contributed by atoms with E-state index in [1.807, 2.05) is 0 Å². The zero-order valence-corrected chi connectivity index (χ0v) is 11.7. The van der Waals surface area contributed by atoms with E-state index in [-0.39, 0.29) is 113 Å². The molecule has 0 bridgehead atoms. The van der Waals surface area contributed by atoms with E-state index in [1.54, 1.807) is 0 Å². The van der Waals surface area contributed by atoms with Gasteiger partial charge in [-0.15, -0.1) is 0 Å². The topological polar surface area (TPSA) is 86.2 Å². The molecule has 0 fully saturated rings. The molecule has 0 saturated carbocycles. The third-order valence-corrected chi connectivity index (χ3v) is 0. The Morgan fingerprint density at radius 1 is 0.875 bits per heavy atom. The molecule has 0 aliphatic heterocycles. The van der Waals surface area contributed by atoms with Gasteiger partial charge in [-0.2, -0.15) is 7.82 Å². The van der Waals surface area contributed by atoms with Gasteiger partial charge in [0.05, 0.1) is 0 Å². The fourth-order valence-electron chi connectivity index (χ4n) is 0. The van der Waals surface area contributed by atoms with E-state index in [1.165, 1.54) is 0 Å². The van der Waals surface area contributed by atoms with Crippen molar-refractivity contribution in [1.82, 2.24) is 0 Å². The Morgan fingerprint density at radius 3 is 0.875 bits per heavy atom. The van der Waals surface area contributed by atoms with Crippen LogP contribution in [0.2, 0.25) is 0 Å². The normalized spacial score (nSPS) is 7.38. The maximum Gasteiger partial charge on any atom is 2.00 e. The molecule has 8 heavy (non-hydrogen) atoms. The summed E-state index contributed by atoms with van der Waals surface area (Å²) in [5.74, 6) is 0. The monoisotopic (exact) mass is 215 g/mol. The smallest absolute Gasteiger partial charge is 0.822 e. The van der Waals surface area contributed by atoms with Crippen LogP contribution in [0.4, 0.5) is 0 Å². The van der Waals surface area contributed by atoms with Crippen LogP contribution in [0.3, 0.4) is 0 Å². The van der Waals surface area contributed by atoms with Crippen molar-refractivity contribution in [2.75, 3.05) is 0 Å². The zero-order valence-electron chi connectivity index (χ0n) is 4.20. The van der Waals surface area contributed by atoms with Crippen molar-refractivity contribution in [3.63, 3.8) is 0 Å². The van der Waals surface area contributed by atoms with E-state index in [4.69, 9.17) is 19.2 Å². The van der Waals surface area contributed by atoms with Crippen molar-refractivity contribution in [2.45, 2.75) is 0 Å². The van der Waals surface area contributed by atoms with E-state index in [9.17, 15) is 0 Å². The second-order valence-electron chi connectivity index (χ2n) is 0.447. The largest absolute Gasteiger partial charge is 2.00 e. The standard InChI is InChI=1S/3Ca.H3O4P/c;;;1-5(2,3)4/h;;;(H3,1,2,3,4)/q3*+2;/p-3. The van der Waals surface area contributed by atoms with Gasteiger partial charge in [-0.25, -0.2) is 0 Å². The van der Waals surface area contributed by atoms with Crippen molar-refractivity contribution in [2.24, 2.45) is 0 Å². The molecule has 8 heteroatoms. The van der Waals surface area contributed by atoms with Crippen molar-refractivity contribution >= 4 is 121 Å². The summed E-state index contributed by atoms with van der Waals surface area (Å²) in [4.78, 5) is 25.6. The first-order valence-electron chi connectivity index (χ1n) is 0.730. The minimum Gasteiger partial charge on any atom is -0.822 e. The molecule has 0 radical (unpaired) electrons. The van der Waals surface area contributed by atoms with Crippen LogP contribution >= 0.6 is 7.82 Å². The summed E-state index contributed by atoms with van der Waals surface area (Å²) >= 11 is 0. The maximum atomic E-state index is 8.55. The van der Waals surface area contributed by atoms with Gasteiger partial charge in [0, 0.05) is 0 Å². The van der Waals surface area contributed by atoms with E-state index in [0.29, 0.717) is 0 Å². The quantitative estimate of drug-likeness (QED) is 0.305. The van der Waals surface area contributed by atoms with Crippen LogP contribution in [0.5, 0.6) is 0 Å². The molecule has 0 aliphatic carbocycles. The van der Waals surface area contributed by atoms with Crippen molar-refractivity contribution in [3.8, 4) is 0 Å². The molecule has 4 nitrogen and oxygen atoms in total. The molecule has 0 aromatic heterocycles. The molecule has 0 rings (SSSR count). The van der Waals surface area contributed by atoms with Crippen LogP contribution in [-0.4, -0.2) is 113 Å². The van der Waals surface area contributed by atoms with E-state index in [0.717, 1.165) is 0 Å². The number of hydrogen-bond donors (Lipinski definition) is 0. The molecule has 0 aromatic rings. The Hall–Kier alpha value is 3.89. The van der Waals surface area contributed by atoms with Crippen molar-refractivity contribution in [3.05, 3.63) is 0 Å². The van der Waals surface area contributed by atoms with Gasteiger partial charge in [0.2, 0.25) is 0 Å². The van der Waals surface area contributed by atoms with Gasteiger partial charge in [-0.3, -0.25) is 0 Å². The Kier molecular flexibility index (Phi) is 30.8. The maximum absolute atomic E-state index is 8.55. The summed E-state index contributed by atoms with van der Waals surface area (Å²) in [6.07, 6.45) is 0. The molecular weight excluding hydrogens is 215 g/mol. The van der Waals surface area contributed by atoms with Crippen LogP contribution in [0, 0.1) is 0 Å². The summed E-state index contributed by atoms with van der Waals surface area (Å²) in [7, 11) is -5.39. The molecule has 0 atom stereocenters. The summed E-state index contributed by atoms with van der Waals surface area (Å²) in [6, 6.07) is 0. The number of hydrogen-bond acceptors (Lipinski definition) is 4. The third kappa shape index (κ3) is 51.7. The predicted molar refractivity (Wildman–Crippen MR) is 24.9 cm³/mol. The van der Waals surface area contributed by atoms with Crippen LogP contribution < -0.4 is 14.7 Å². The average molecular weight is 215 g/mol. The van der Waals surface area contributed by atoms with Crippen LogP contribution in [0.15, 0.2) is 0 Å². The number of phosphoric acid groups is 1. The van der Waals surface area contributed by atoms with Gasteiger partial charge in [-0.1, -0.05) is 0 Å². The Balaban J connectivity index is -0.0000000267. The molecule has 0 aliphatic rings. The van der Waals surface area contributed by atoms with E-state index in [2.05, 4.69) is 0 Å². The van der Waals surface area contributed by atoms with Gasteiger partial charge in [0.25, 0.3) is 0 Å². The predicted octanol–water partition coefficient (Wildman–Crippen LogP) is -3.97. The molecule has 0 amide bonds. The summed E-state index contributed by atoms with van der Waals surface area (Å²) in [5, 5.41) is 0. The molecule has 0 aromatic carbocycles. The van der Waals surface area contributed by atoms with Gasteiger partial charge in [-0.05, 0) is 0 Å². The number of rotatable bonds is 0. The van der Waals surface area contributed by atoms with Gasteiger partial charge in [0.15, 0.2) is 0 Å². The first-order valence-corrected chi connectivity index (χ1v) is 2.19. The van der Waals surface area contributed by atoms with Crippen LogP contribution in [0.1, 0.15) is 0 Å². The summed E-state index contributed by atoms with van der Waals surface area (Å²) < 4.78 is 8.55. The van der Waals surface area contributed by atoms with Crippen molar-refractivity contribution < 1.29 is 19.2 Å². The van der Waals surface area contributed by atoms with Crippen LogP contribution in [0.25, 0.3) is 0 Å². The fraction of sp³-hybridized carbons (Fsp3) is 0. The summed E-state index contributed by atoms with van der Waals surface area (Å²) in [5.41, 5.74) is 0. The van der Waals surface area contributed by atoms with E-state index < -0.39 is 7.82 Å². The summed E-state index contributed by atoms with van der Waals surface area (Å²) in [6.45, 7) is 0. The van der Waals surface area contributed by atoms with Gasteiger partial charge < -0.3 is 19.2 Å². The molecule has 0 unspecified atom stereocenters. The second-order valence-corrected chi connectivity index (χ2v) is 1.34. The Bertz CT molecular complexity index is 57.4. The molecule has 0 spiro atoms. The molecule has 0 heterocycles. The van der Waals surface area contributed by atoms with E-state index >= 15 is 0 Å². The molecule has 0 saturated heterocycles. The zero-order chi connectivity index (χ0) is 4.50. The van der Waals surface area contributed by atoms with Crippen LogP contribution in [-0.2, 0) is 4.57 Å². The molecular formula is Ca3O4P+3. The Labute approximate surface area is 137 Å². The minimum absolute atomic E-state index is 0. The molecule has 0 N–H and O–H groups in total. The first kappa shape index (κ1) is 22.7. The van der Waals surface area contributed by atoms with Gasteiger partial charge in [0.1, 0.15) is 0 Å².